The van der Waals surface area contributed by atoms with E-state index in [0.717, 1.165) is 11.1 Å². The summed E-state index contributed by atoms with van der Waals surface area (Å²) in [5.41, 5.74) is 1.93. The van der Waals surface area contributed by atoms with Gasteiger partial charge in [0, 0.05) is 12.7 Å². The second-order valence-electron chi connectivity index (χ2n) is 5.02. The lowest BCUT2D eigenvalue weighted by Gasteiger charge is -2.16. The molecule has 0 spiro atoms. The summed E-state index contributed by atoms with van der Waals surface area (Å²) >= 11 is 0. The molecule has 0 heterocycles. The van der Waals surface area contributed by atoms with Gasteiger partial charge in [-0.1, -0.05) is 6.92 Å². The van der Waals surface area contributed by atoms with Gasteiger partial charge in [-0.2, -0.15) is 0 Å². The van der Waals surface area contributed by atoms with Gasteiger partial charge in [0.15, 0.2) is 6.61 Å². The third-order valence-corrected chi connectivity index (χ3v) is 3.11. The van der Waals surface area contributed by atoms with Crippen LogP contribution < -0.4 is 9.47 Å². The summed E-state index contributed by atoms with van der Waals surface area (Å²) < 4.78 is 15.7. The molecule has 5 nitrogen and oxygen atoms in total. The Hall–Kier alpha value is -1.75. The molecular formula is C16H24O5. The third-order valence-electron chi connectivity index (χ3n) is 3.11. The Kier molecular flexibility index (Phi) is 7.02. The Balaban J connectivity index is 2.93. The molecule has 0 fully saturated rings. The van der Waals surface area contributed by atoms with E-state index in [1.54, 1.807) is 20.1 Å². The SMILES string of the molecule is CCOC(=O)COc1cc(OC)c(C)cc1CC(C)CO. The molecule has 0 amide bonds. The number of methoxy groups -OCH3 is 1. The minimum atomic E-state index is -0.404. The molecule has 1 unspecified atom stereocenters. The number of hydrogen-bond acceptors (Lipinski definition) is 5. The van der Waals surface area contributed by atoms with Crippen LogP contribution in [0.4, 0.5) is 0 Å². The van der Waals surface area contributed by atoms with Crippen molar-refractivity contribution in [3.8, 4) is 11.5 Å². The summed E-state index contributed by atoms with van der Waals surface area (Å²) in [6.45, 7) is 5.94. The van der Waals surface area contributed by atoms with E-state index < -0.39 is 5.97 Å². The zero-order valence-corrected chi connectivity index (χ0v) is 13.1. The molecule has 5 heteroatoms. The first kappa shape index (κ1) is 17.3. The number of esters is 1. The Morgan fingerprint density at radius 1 is 1.33 bits per heavy atom. The first-order valence-electron chi connectivity index (χ1n) is 7.08. The first-order chi connectivity index (χ1) is 10.0. The van der Waals surface area contributed by atoms with E-state index in [1.807, 2.05) is 19.9 Å². The highest BCUT2D eigenvalue weighted by Crippen LogP contribution is 2.30. The van der Waals surface area contributed by atoms with Crippen molar-refractivity contribution in [1.29, 1.82) is 0 Å². The number of carbonyl (C=O) groups excluding carboxylic acids is 1. The highest BCUT2D eigenvalue weighted by molar-refractivity contribution is 5.71. The van der Waals surface area contributed by atoms with E-state index in [0.29, 0.717) is 24.5 Å². The van der Waals surface area contributed by atoms with Crippen LogP contribution in [0.25, 0.3) is 0 Å². The molecule has 1 aromatic rings. The van der Waals surface area contributed by atoms with E-state index >= 15 is 0 Å². The normalized spacial score (nSPS) is 11.9. The minimum Gasteiger partial charge on any atom is -0.496 e. The van der Waals surface area contributed by atoms with Crippen LogP contribution in [0.5, 0.6) is 11.5 Å². The highest BCUT2D eigenvalue weighted by atomic mass is 16.6. The lowest BCUT2D eigenvalue weighted by Crippen LogP contribution is -2.16. The number of benzene rings is 1. The van der Waals surface area contributed by atoms with Gasteiger partial charge in [0.2, 0.25) is 0 Å². The molecule has 21 heavy (non-hydrogen) atoms. The van der Waals surface area contributed by atoms with Crippen molar-refractivity contribution in [3.05, 3.63) is 23.3 Å². The molecule has 1 aromatic carbocycles. The molecule has 0 bridgehead atoms. The summed E-state index contributed by atoms with van der Waals surface area (Å²) in [4.78, 5) is 11.4. The quantitative estimate of drug-likeness (QED) is 0.744. The Morgan fingerprint density at radius 3 is 2.62 bits per heavy atom. The Bertz CT molecular complexity index is 470. The van der Waals surface area contributed by atoms with E-state index in [9.17, 15) is 9.90 Å². The van der Waals surface area contributed by atoms with Crippen molar-refractivity contribution in [3.63, 3.8) is 0 Å². The van der Waals surface area contributed by atoms with E-state index in [1.165, 1.54) is 0 Å². The molecular weight excluding hydrogens is 272 g/mol. The maximum absolute atomic E-state index is 11.4. The van der Waals surface area contributed by atoms with Crippen LogP contribution in [0.2, 0.25) is 0 Å². The molecule has 0 aliphatic rings. The second-order valence-corrected chi connectivity index (χ2v) is 5.02. The molecule has 118 valence electrons. The lowest BCUT2D eigenvalue weighted by molar-refractivity contribution is -0.145. The van der Waals surface area contributed by atoms with Crippen LogP contribution in [-0.4, -0.2) is 38.0 Å². The molecule has 0 saturated carbocycles. The molecule has 0 radical (unpaired) electrons. The van der Waals surface area contributed by atoms with Gasteiger partial charge in [-0.05, 0) is 43.4 Å². The summed E-state index contributed by atoms with van der Waals surface area (Å²) in [5.74, 6) is 1.00. The van der Waals surface area contributed by atoms with Crippen LogP contribution in [0, 0.1) is 12.8 Å². The Morgan fingerprint density at radius 2 is 2.05 bits per heavy atom. The van der Waals surface area contributed by atoms with E-state index in [2.05, 4.69) is 0 Å². The number of aliphatic hydroxyl groups is 1. The average Bonchev–Trinajstić information content (AvgIpc) is 2.46. The van der Waals surface area contributed by atoms with Gasteiger partial charge in [-0.25, -0.2) is 4.79 Å². The first-order valence-corrected chi connectivity index (χ1v) is 7.08. The van der Waals surface area contributed by atoms with Crippen molar-refractivity contribution >= 4 is 5.97 Å². The number of rotatable bonds is 8. The van der Waals surface area contributed by atoms with Gasteiger partial charge < -0.3 is 19.3 Å². The van der Waals surface area contributed by atoms with Crippen molar-refractivity contribution in [1.82, 2.24) is 0 Å². The largest absolute Gasteiger partial charge is 0.496 e. The molecule has 1 atom stereocenters. The minimum absolute atomic E-state index is 0.0996. The smallest absolute Gasteiger partial charge is 0.344 e. The predicted molar refractivity (Wildman–Crippen MR) is 79.8 cm³/mol. The van der Waals surface area contributed by atoms with Gasteiger partial charge in [-0.3, -0.25) is 0 Å². The van der Waals surface area contributed by atoms with Gasteiger partial charge in [-0.15, -0.1) is 0 Å². The number of hydrogen-bond donors (Lipinski definition) is 1. The van der Waals surface area contributed by atoms with Crippen molar-refractivity contribution in [2.45, 2.75) is 27.2 Å². The van der Waals surface area contributed by atoms with Crippen LogP contribution in [0.3, 0.4) is 0 Å². The zero-order valence-electron chi connectivity index (χ0n) is 13.1. The fraction of sp³-hybridized carbons (Fsp3) is 0.562. The number of carbonyl (C=O) groups is 1. The highest BCUT2D eigenvalue weighted by Gasteiger charge is 2.14. The van der Waals surface area contributed by atoms with E-state index in [-0.39, 0.29) is 19.1 Å². The molecule has 1 N–H and O–H groups in total. The summed E-state index contributed by atoms with van der Waals surface area (Å²) in [5, 5.41) is 9.21. The zero-order chi connectivity index (χ0) is 15.8. The van der Waals surface area contributed by atoms with Crippen LogP contribution in [-0.2, 0) is 16.0 Å². The molecule has 0 aromatic heterocycles. The van der Waals surface area contributed by atoms with Crippen molar-refractivity contribution in [2.75, 3.05) is 26.9 Å². The van der Waals surface area contributed by atoms with E-state index in [4.69, 9.17) is 14.2 Å². The van der Waals surface area contributed by atoms with Gasteiger partial charge in [0.05, 0.1) is 13.7 Å². The standard InChI is InChI=1S/C16H24O5/c1-5-20-16(18)10-21-15-8-14(19-4)12(3)7-13(15)6-11(2)9-17/h7-8,11,17H,5-6,9-10H2,1-4H3. The van der Waals surface area contributed by atoms with Crippen molar-refractivity contribution in [2.24, 2.45) is 5.92 Å². The van der Waals surface area contributed by atoms with Crippen LogP contribution in [0.1, 0.15) is 25.0 Å². The van der Waals surface area contributed by atoms with Crippen molar-refractivity contribution < 1.29 is 24.1 Å². The molecule has 1 rings (SSSR count). The van der Waals surface area contributed by atoms with Gasteiger partial charge in [0.25, 0.3) is 0 Å². The monoisotopic (exact) mass is 296 g/mol. The molecule has 0 saturated heterocycles. The average molecular weight is 296 g/mol. The van der Waals surface area contributed by atoms with Crippen LogP contribution >= 0.6 is 0 Å². The molecule has 0 aliphatic heterocycles. The Labute approximate surface area is 125 Å². The fourth-order valence-electron chi connectivity index (χ4n) is 2.02. The summed E-state index contributed by atoms with van der Waals surface area (Å²) in [6.07, 6.45) is 0.666. The predicted octanol–water partition coefficient (Wildman–Crippen LogP) is 2.12. The molecule has 0 aliphatic carbocycles. The summed E-state index contributed by atoms with van der Waals surface area (Å²) in [6, 6.07) is 3.74. The topological polar surface area (TPSA) is 65.0 Å². The third kappa shape index (κ3) is 5.27. The van der Waals surface area contributed by atoms with Crippen LogP contribution in [0.15, 0.2) is 12.1 Å². The number of aliphatic hydroxyl groups excluding tert-OH is 1. The van der Waals surface area contributed by atoms with Gasteiger partial charge >= 0.3 is 5.97 Å². The maximum atomic E-state index is 11.4. The summed E-state index contributed by atoms with van der Waals surface area (Å²) in [7, 11) is 1.59. The maximum Gasteiger partial charge on any atom is 0.344 e. The lowest BCUT2D eigenvalue weighted by atomic mass is 9.99. The fourth-order valence-corrected chi connectivity index (χ4v) is 2.02. The number of ether oxygens (including phenoxy) is 3. The van der Waals surface area contributed by atoms with Gasteiger partial charge in [0.1, 0.15) is 11.5 Å². The second kappa shape index (κ2) is 8.52. The number of aryl methyl sites for hydroxylation is 1.